The van der Waals surface area contributed by atoms with Gasteiger partial charge in [0.25, 0.3) is 5.91 Å². The fraction of sp³-hybridized carbons (Fsp3) is 0.0455. The summed E-state index contributed by atoms with van der Waals surface area (Å²) in [7, 11) is 1.25. The molecule has 6 nitrogen and oxygen atoms in total. The van der Waals surface area contributed by atoms with Crippen LogP contribution in [0.3, 0.4) is 0 Å². The molecule has 1 aromatic heterocycles. The van der Waals surface area contributed by atoms with Gasteiger partial charge in [-0.3, -0.25) is 4.79 Å². The van der Waals surface area contributed by atoms with E-state index in [1.807, 2.05) is 6.07 Å². The summed E-state index contributed by atoms with van der Waals surface area (Å²) in [6.45, 7) is 0. The van der Waals surface area contributed by atoms with Crippen molar-refractivity contribution in [3.05, 3.63) is 82.6 Å². The number of methoxy groups -OCH3 is 1. The molecule has 2 aromatic carbocycles. The van der Waals surface area contributed by atoms with E-state index in [9.17, 15) is 14.9 Å². The van der Waals surface area contributed by atoms with Crippen molar-refractivity contribution in [2.24, 2.45) is 0 Å². The number of nitrogens with zero attached hydrogens (tertiary/aromatic N) is 1. The summed E-state index contributed by atoms with van der Waals surface area (Å²) in [6, 6.07) is 18.7. The molecule has 0 aliphatic carbocycles. The summed E-state index contributed by atoms with van der Waals surface area (Å²) in [5.41, 5.74) is 1.06. The SMILES string of the molecule is COC(=O)c1ccccc1NC(=O)/C(C#N)=C/c1ccc(-c2ccc(Cl)cc2)o1. The van der Waals surface area contributed by atoms with Gasteiger partial charge in [0.2, 0.25) is 0 Å². The number of hydrogen-bond acceptors (Lipinski definition) is 5. The first kappa shape index (κ1) is 19.9. The highest BCUT2D eigenvalue weighted by molar-refractivity contribution is 6.30. The van der Waals surface area contributed by atoms with Crippen molar-refractivity contribution in [3.63, 3.8) is 0 Å². The van der Waals surface area contributed by atoms with E-state index < -0.39 is 11.9 Å². The largest absolute Gasteiger partial charge is 0.465 e. The zero-order valence-corrected chi connectivity index (χ0v) is 16.1. The number of carbonyl (C=O) groups excluding carboxylic acids is 2. The van der Waals surface area contributed by atoms with Crippen LogP contribution < -0.4 is 5.32 Å². The lowest BCUT2D eigenvalue weighted by molar-refractivity contribution is -0.112. The van der Waals surface area contributed by atoms with Gasteiger partial charge in [0.1, 0.15) is 23.2 Å². The molecule has 0 bridgehead atoms. The van der Waals surface area contributed by atoms with Crippen LogP contribution in [-0.2, 0) is 9.53 Å². The highest BCUT2D eigenvalue weighted by atomic mass is 35.5. The Morgan fingerprint density at radius 3 is 2.52 bits per heavy atom. The second-order valence-corrected chi connectivity index (χ2v) is 6.31. The maximum absolute atomic E-state index is 12.5. The van der Waals surface area contributed by atoms with Gasteiger partial charge in [-0.1, -0.05) is 23.7 Å². The predicted octanol–water partition coefficient (Wildman–Crippen LogP) is 4.93. The lowest BCUT2D eigenvalue weighted by Gasteiger charge is -2.08. The Morgan fingerprint density at radius 1 is 1.10 bits per heavy atom. The second-order valence-electron chi connectivity index (χ2n) is 5.87. The van der Waals surface area contributed by atoms with Crippen LogP contribution in [0.4, 0.5) is 5.69 Å². The Morgan fingerprint density at radius 2 is 1.83 bits per heavy atom. The fourth-order valence-electron chi connectivity index (χ4n) is 2.56. The Balaban J connectivity index is 1.82. The molecule has 0 unspecified atom stereocenters. The lowest BCUT2D eigenvalue weighted by atomic mass is 10.1. The first-order valence-corrected chi connectivity index (χ1v) is 8.86. The van der Waals surface area contributed by atoms with Gasteiger partial charge in [0.15, 0.2) is 0 Å². The van der Waals surface area contributed by atoms with Gasteiger partial charge >= 0.3 is 5.97 Å². The number of rotatable bonds is 5. The summed E-state index contributed by atoms with van der Waals surface area (Å²) in [4.78, 5) is 24.3. The highest BCUT2D eigenvalue weighted by Crippen LogP contribution is 2.25. The normalized spacial score (nSPS) is 10.9. The highest BCUT2D eigenvalue weighted by Gasteiger charge is 2.16. The maximum Gasteiger partial charge on any atom is 0.339 e. The number of ether oxygens (including phenoxy) is 1. The first-order chi connectivity index (χ1) is 14.0. The number of nitriles is 1. The minimum Gasteiger partial charge on any atom is -0.465 e. The lowest BCUT2D eigenvalue weighted by Crippen LogP contribution is -2.16. The minimum atomic E-state index is -0.673. The van der Waals surface area contributed by atoms with E-state index in [2.05, 4.69) is 5.32 Å². The van der Waals surface area contributed by atoms with Crippen LogP contribution in [-0.4, -0.2) is 19.0 Å². The molecule has 3 aromatic rings. The van der Waals surface area contributed by atoms with Crippen LogP contribution in [0.15, 0.2) is 70.7 Å². The van der Waals surface area contributed by atoms with E-state index in [1.54, 1.807) is 54.6 Å². The molecule has 1 N–H and O–H groups in total. The van der Waals surface area contributed by atoms with Crippen molar-refractivity contribution in [2.45, 2.75) is 0 Å². The molecule has 0 saturated heterocycles. The van der Waals surface area contributed by atoms with Gasteiger partial charge in [-0.05, 0) is 48.5 Å². The van der Waals surface area contributed by atoms with Crippen LogP contribution in [0, 0.1) is 11.3 Å². The van der Waals surface area contributed by atoms with Gasteiger partial charge in [-0.25, -0.2) is 4.79 Å². The minimum absolute atomic E-state index is 0.179. The molecule has 0 fully saturated rings. The second kappa shape index (κ2) is 8.91. The van der Waals surface area contributed by atoms with Gasteiger partial charge in [-0.15, -0.1) is 0 Å². The molecule has 0 atom stereocenters. The summed E-state index contributed by atoms with van der Waals surface area (Å²) in [5, 5.41) is 12.6. The topological polar surface area (TPSA) is 92.3 Å². The van der Waals surface area contributed by atoms with Crippen molar-refractivity contribution in [1.29, 1.82) is 5.26 Å². The number of furan rings is 1. The number of benzene rings is 2. The Bertz CT molecular complexity index is 1120. The van der Waals surface area contributed by atoms with Gasteiger partial charge < -0.3 is 14.5 Å². The van der Waals surface area contributed by atoms with E-state index in [1.165, 1.54) is 19.3 Å². The maximum atomic E-state index is 12.5. The number of anilines is 1. The van der Waals surface area contributed by atoms with E-state index in [0.29, 0.717) is 16.5 Å². The first-order valence-electron chi connectivity index (χ1n) is 8.48. The molecule has 1 amide bonds. The number of para-hydroxylation sites is 1. The van der Waals surface area contributed by atoms with Crippen LogP contribution >= 0.6 is 11.6 Å². The molecular formula is C22H15ClN2O4. The fourth-order valence-corrected chi connectivity index (χ4v) is 2.69. The Labute approximate surface area is 172 Å². The van der Waals surface area contributed by atoms with Crippen LogP contribution in [0.25, 0.3) is 17.4 Å². The zero-order valence-electron chi connectivity index (χ0n) is 15.3. The van der Waals surface area contributed by atoms with Gasteiger partial charge in [0, 0.05) is 16.7 Å². The number of carbonyl (C=O) groups is 2. The smallest absolute Gasteiger partial charge is 0.339 e. The van der Waals surface area contributed by atoms with Crippen molar-refractivity contribution in [3.8, 4) is 17.4 Å². The predicted molar refractivity (Wildman–Crippen MR) is 109 cm³/mol. The number of halogens is 1. The molecule has 7 heteroatoms. The van der Waals surface area contributed by atoms with E-state index >= 15 is 0 Å². The third-order valence-electron chi connectivity index (χ3n) is 3.99. The van der Waals surface area contributed by atoms with Gasteiger partial charge in [0.05, 0.1) is 18.4 Å². The van der Waals surface area contributed by atoms with Crippen molar-refractivity contribution >= 4 is 35.2 Å². The van der Waals surface area contributed by atoms with E-state index in [4.69, 9.17) is 20.8 Å². The molecule has 3 rings (SSSR count). The summed E-state index contributed by atoms with van der Waals surface area (Å²) in [5.74, 6) is -0.361. The third-order valence-corrected chi connectivity index (χ3v) is 4.24. The van der Waals surface area contributed by atoms with Crippen LogP contribution in [0.1, 0.15) is 16.1 Å². The zero-order chi connectivity index (χ0) is 20.8. The number of nitrogens with one attached hydrogen (secondary N) is 1. The molecule has 29 heavy (non-hydrogen) atoms. The van der Waals surface area contributed by atoms with E-state index in [0.717, 1.165) is 5.56 Å². The Hall–Kier alpha value is -3.82. The molecule has 0 aliphatic rings. The number of amides is 1. The molecule has 1 heterocycles. The summed E-state index contributed by atoms with van der Waals surface area (Å²) in [6.07, 6.45) is 1.33. The van der Waals surface area contributed by atoms with Crippen LogP contribution in [0.2, 0.25) is 5.02 Å². The average Bonchev–Trinajstić information content (AvgIpc) is 3.21. The van der Waals surface area contributed by atoms with Crippen molar-refractivity contribution in [2.75, 3.05) is 12.4 Å². The number of esters is 1. The molecule has 0 radical (unpaired) electrons. The van der Waals surface area contributed by atoms with Crippen molar-refractivity contribution < 1.29 is 18.7 Å². The quantitative estimate of drug-likeness (QED) is 0.368. The number of hydrogen-bond donors (Lipinski definition) is 1. The summed E-state index contributed by atoms with van der Waals surface area (Å²) >= 11 is 5.88. The molecular weight excluding hydrogens is 392 g/mol. The van der Waals surface area contributed by atoms with Crippen molar-refractivity contribution in [1.82, 2.24) is 0 Å². The standard InChI is InChI=1S/C22H15ClN2O4/c1-28-22(27)18-4-2-3-5-19(18)25-21(26)15(13-24)12-17-10-11-20(29-17)14-6-8-16(23)9-7-14/h2-12H,1H3,(H,25,26)/b15-12+. The third kappa shape index (κ3) is 4.72. The van der Waals surface area contributed by atoms with E-state index in [-0.39, 0.29) is 16.8 Å². The average molecular weight is 407 g/mol. The van der Waals surface area contributed by atoms with Crippen LogP contribution in [0.5, 0.6) is 0 Å². The summed E-state index contributed by atoms with van der Waals surface area (Å²) < 4.78 is 10.4. The molecule has 144 valence electrons. The molecule has 0 aliphatic heterocycles. The van der Waals surface area contributed by atoms with Gasteiger partial charge in [-0.2, -0.15) is 5.26 Å². The molecule has 0 spiro atoms. The Kier molecular flexibility index (Phi) is 6.12. The monoisotopic (exact) mass is 406 g/mol. The molecule has 0 saturated carbocycles.